The van der Waals surface area contributed by atoms with E-state index in [1.54, 1.807) is 7.11 Å². The molecule has 5 rings (SSSR count). The van der Waals surface area contributed by atoms with Gasteiger partial charge in [-0.15, -0.1) is 0 Å². The first kappa shape index (κ1) is 21.1. The summed E-state index contributed by atoms with van der Waals surface area (Å²) in [6.07, 6.45) is 7.50. The predicted molar refractivity (Wildman–Crippen MR) is 108 cm³/mol. The maximum atomic E-state index is 14.5. The molecule has 160 valence electrons. The molecule has 0 aliphatic heterocycles. The van der Waals surface area contributed by atoms with Crippen LogP contribution in [0.4, 0.5) is 4.39 Å². The average molecular weight is 445 g/mol. The second-order valence-electron chi connectivity index (χ2n) is 9.39. The molecule has 4 fully saturated rings. The van der Waals surface area contributed by atoms with E-state index in [2.05, 4.69) is 0 Å². The highest BCUT2D eigenvalue weighted by molar-refractivity contribution is 7.91. The number of halogens is 2. The van der Waals surface area contributed by atoms with Gasteiger partial charge in [0, 0.05) is 24.8 Å². The zero-order chi connectivity index (χ0) is 21.0. The highest BCUT2D eigenvalue weighted by atomic mass is 35.5. The number of Topliss-reactive ketones (excluding diaryl/α,β-unsaturated/α-hetero) is 1. The van der Waals surface area contributed by atoms with Gasteiger partial charge in [-0.3, -0.25) is 4.79 Å². The molecule has 2 atom stereocenters. The SMILES string of the molecule is COC12CC3CC(CC(COc4cc(F)c(C(=O)CS(C)(=O)=O)cc4Cl)(C3)C1)C2. The molecule has 1 aromatic rings. The average Bonchev–Trinajstić information content (AvgIpc) is 2.59. The molecule has 5 nitrogen and oxygen atoms in total. The predicted octanol–water partition coefficient (Wildman–Crippen LogP) is 4.07. The molecule has 0 N–H and O–H groups in total. The number of carbonyl (C=O) groups is 1. The first-order valence-electron chi connectivity index (χ1n) is 9.90. The lowest BCUT2D eigenvalue weighted by atomic mass is 9.48. The van der Waals surface area contributed by atoms with Gasteiger partial charge in [0.2, 0.25) is 0 Å². The largest absolute Gasteiger partial charge is 0.491 e. The normalized spacial score (nSPS) is 33.1. The number of benzene rings is 1. The van der Waals surface area contributed by atoms with Gasteiger partial charge in [0.1, 0.15) is 17.3 Å². The van der Waals surface area contributed by atoms with E-state index in [4.69, 9.17) is 21.1 Å². The van der Waals surface area contributed by atoms with Crippen LogP contribution in [0.15, 0.2) is 12.1 Å². The van der Waals surface area contributed by atoms with Crippen LogP contribution in [0.3, 0.4) is 0 Å². The number of hydrogen-bond acceptors (Lipinski definition) is 5. The maximum Gasteiger partial charge on any atom is 0.180 e. The minimum Gasteiger partial charge on any atom is -0.491 e. The van der Waals surface area contributed by atoms with Crippen LogP contribution in [0, 0.1) is 23.1 Å². The van der Waals surface area contributed by atoms with Gasteiger partial charge in [0.15, 0.2) is 15.6 Å². The van der Waals surface area contributed by atoms with Crippen molar-refractivity contribution in [3.05, 3.63) is 28.5 Å². The van der Waals surface area contributed by atoms with E-state index in [1.165, 1.54) is 6.42 Å². The number of rotatable bonds is 7. The molecule has 29 heavy (non-hydrogen) atoms. The van der Waals surface area contributed by atoms with Crippen molar-refractivity contribution in [2.45, 2.75) is 44.1 Å². The Balaban J connectivity index is 1.51. The lowest BCUT2D eigenvalue weighted by molar-refractivity contribution is -0.187. The Hall–Kier alpha value is -1.18. The Kier molecular flexibility index (Phi) is 5.23. The van der Waals surface area contributed by atoms with Crippen molar-refractivity contribution in [1.82, 2.24) is 0 Å². The van der Waals surface area contributed by atoms with Gasteiger partial charge >= 0.3 is 0 Å². The second kappa shape index (κ2) is 7.20. The molecule has 0 amide bonds. The van der Waals surface area contributed by atoms with Gasteiger partial charge < -0.3 is 9.47 Å². The molecule has 4 aliphatic rings. The van der Waals surface area contributed by atoms with Crippen LogP contribution in [-0.2, 0) is 14.6 Å². The number of hydrogen-bond donors (Lipinski definition) is 0. The molecule has 0 spiro atoms. The molecule has 4 aliphatic carbocycles. The van der Waals surface area contributed by atoms with Gasteiger partial charge in [0.25, 0.3) is 0 Å². The topological polar surface area (TPSA) is 69.7 Å². The Morgan fingerprint density at radius 1 is 1.24 bits per heavy atom. The highest BCUT2D eigenvalue weighted by Crippen LogP contribution is 2.62. The van der Waals surface area contributed by atoms with Crippen molar-refractivity contribution in [2.75, 3.05) is 25.7 Å². The van der Waals surface area contributed by atoms with Crippen molar-refractivity contribution >= 4 is 27.2 Å². The summed E-state index contributed by atoms with van der Waals surface area (Å²) >= 11 is 6.24. The zero-order valence-electron chi connectivity index (χ0n) is 16.7. The third kappa shape index (κ3) is 4.19. The van der Waals surface area contributed by atoms with Gasteiger partial charge in [-0.05, 0) is 56.4 Å². The van der Waals surface area contributed by atoms with E-state index in [0.29, 0.717) is 18.4 Å². The van der Waals surface area contributed by atoms with Crippen LogP contribution >= 0.6 is 11.6 Å². The second-order valence-corrected chi connectivity index (χ2v) is 11.9. The molecule has 0 aromatic heterocycles. The standard InChI is InChI=1S/C21H26ClFO5S/c1-27-21-8-13-3-14(9-21)7-20(6-13,11-21)12-28-19-5-17(23)15(4-16(19)22)18(24)10-29(2,25)26/h4-5,13-14H,3,6-12H2,1-2H3. The molecule has 0 saturated heterocycles. The number of ether oxygens (including phenoxy) is 2. The van der Waals surface area contributed by atoms with Crippen LogP contribution in [0.2, 0.25) is 5.02 Å². The van der Waals surface area contributed by atoms with Crippen molar-refractivity contribution < 1.29 is 27.1 Å². The fraction of sp³-hybridized carbons (Fsp3) is 0.667. The molecule has 4 saturated carbocycles. The molecular formula is C21H26ClFO5S. The van der Waals surface area contributed by atoms with Crippen molar-refractivity contribution in [2.24, 2.45) is 17.3 Å². The van der Waals surface area contributed by atoms with E-state index >= 15 is 0 Å². The van der Waals surface area contributed by atoms with E-state index in [0.717, 1.165) is 50.5 Å². The minimum atomic E-state index is -3.56. The van der Waals surface area contributed by atoms with Crippen molar-refractivity contribution in [1.29, 1.82) is 0 Å². The molecule has 0 radical (unpaired) electrons. The lowest BCUT2D eigenvalue weighted by Gasteiger charge is -2.61. The minimum absolute atomic E-state index is 0.00464. The van der Waals surface area contributed by atoms with Crippen molar-refractivity contribution in [3.63, 3.8) is 0 Å². The van der Waals surface area contributed by atoms with Crippen LogP contribution in [0.25, 0.3) is 0 Å². The fourth-order valence-electron chi connectivity index (χ4n) is 6.17. The fourth-order valence-corrected chi connectivity index (χ4v) is 7.02. The number of ketones is 1. The summed E-state index contributed by atoms with van der Waals surface area (Å²) in [5.41, 5.74) is -0.393. The Bertz CT molecular complexity index is 931. The molecule has 2 unspecified atom stereocenters. The number of methoxy groups -OCH3 is 1. The van der Waals surface area contributed by atoms with Crippen LogP contribution in [0.1, 0.15) is 48.9 Å². The summed E-state index contributed by atoms with van der Waals surface area (Å²) in [6.45, 7) is 0.431. The molecule has 4 bridgehead atoms. The summed E-state index contributed by atoms with van der Waals surface area (Å²) in [5, 5.41) is 0.106. The maximum absolute atomic E-state index is 14.5. The Labute approximate surface area is 175 Å². The zero-order valence-corrected chi connectivity index (χ0v) is 18.2. The quantitative estimate of drug-likeness (QED) is 0.593. The summed E-state index contributed by atoms with van der Waals surface area (Å²) in [5.74, 6) is -0.933. The Morgan fingerprint density at radius 3 is 2.48 bits per heavy atom. The van der Waals surface area contributed by atoms with Gasteiger partial charge in [0.05, 0.1) is 22.8 Å². The first-order valence-corrected chi connectivity index (χ1v) is 12.3. The summed E-state index contributed by atoms with van der Waals surface area (Å²) in [4.78, 5) is 12.1. The number of sulfone groups is 1. The molecular weight excluding hydrogens is 419 g/mol. The summed E-state index contributed by atoms with van der Waals surface area (Å²) < 4.78 is 49.0. The van der Waals surface area contributed by atoms with E-state index in [1.807, 2.05) is 0 Å². The van der Waals surface area contributed by atoms with Crippen LogP contribution in [-0.4, -0.2) is 45.5 Å². The number of carbonyl (C=O) groups excluding carboxylic acids is 1. The van der Waals surface area contributed by atoms with E-state index in [-0.39, 0.29) is 27.4 Å². The third-order valence-corrected chi connectivity index (χ3v) is 7.89. The van der Waals surface area contributed by atoms with Gasteiger partial charge in [-0.25, -0.2) is 12.8 Å². The van der Waals surface area contributed by atoms with Crippen LogP contribution in [0.5, 0.6) is 5.75 Å². The smallest absolute Gasteiger partial charge is 0.180 e. The van der Waals surface area contributed by atoms with Crippen LogP contribution < -0.4 is 4.74 Å². The highest BCUT2D eigenvalue weighted by Gasteiger charge is 2.58. The molecule has 1 aromatic carbocycles. The van der Waals surface area contributed by atoms with E-state index < -0.39 is 27.2 Å². The van der Waals surface area contributed by atoms with Gasteiger partial charge in [-0.2, -0.15) is 0 Å². The third-order valence-electron chi connectivity index (χ3n) is 6.81. The van der Waals surface area contributed by atoms with Gasteiger partial charge in [-0.1, -0.05) is 11.6 Å². The van der Waals surface area contributed by atoms with Crippen molar-refractivity contribution in [3.8, 4) is 5.75 Å². The lowest BCUT2D eigenvalue weighted by Crippen LogP contribution is -2.58. The molecule has 0 heterocycles. The van der Waals surface area contributed by atoms with E-state index in [9.17, 15) is 17.6 Å². The first-order chi connectivity index (χ1) is 13.5. The molecule has 8 heteroatoms. The monoisotopic (exact) mass is 444 g/mol. The summed E-state index contributed by atoms with van der Waals surface area (Å²) in [6, 6.07) is 2.25. The Morgan fingerprint density at radius 2 is 1.90 bits per heavy atom. The summed E-state index contributed by atoms with van der Waals surface area (Å²) in [7, 11) is -1.77.